The Labute approximate surface area is 130 Å². The van der Waals surface area contributed by atoms with Gasteiger partial charge >= 0.3 is 0 Å². The maximum atomic E-state index is 13.2. The van der Waals surface area contributed by atoms with Gasteiger partial charge in [0, 0.05) is 6.42 Å². The molecule has 1 fully saturated rings. The van der Waals surface area contributed by atoms with Gasteiger partial charge in [0.1, 0.15) is 5.82 Å². The van der Waals surface area contributed by atoms with E-state index >= 15 is 0 Å². The van der Waals surface area contributed by atoms with Gasteiger partial charge in [-0.15, -0.1) is 0 Å². The maximum Gasteiger partial charge on any atom is 0.240 e. The van der Waals surface area contributed by atoms with Crippen LogP contribution in [0.2, 0.25) is 0 Å². The Morgan fingerprint density at radius 1 is 1.32 bits per heavy atom. The Kier molecular flexibility index (Phi) is 4.83. The molecule has 0 amide bonds. The van der Waals surface area contributed by atoms with Crippen molar-refractivity contribution in [3.8, 4) is 0 Å². The summed E-state index contributed by atoms with van der Waals surface area (Å²) in [5.41, 5.74) is 1.10. The molecule has 0 bridgehead atoms. The first-order valence-corrected chi connectivity index (χ1v) is 8.01. The van der Waals surface area contributed by atoms with Gasteiger partial charge in [0.15, 0.2) is 5.82 Å². The fourth-order valence-corrected chi connectivity index (χ4v) is 3.04. The standard InChI is InChI=1S/C17H22FN3O/c1-2-16-19-17(22-20-16)12-21-8-6-13(7-9-21)10-14-4-3-5-15(18)11-14/h3-5,11,13H,2,6-10,12H2,1H3. The second-order valence-electron chi connectivity index (χ2n) is 6.01. The lowest BCUT2D eigenvalue weighted by Crippen LogP contribution is -2.34. The molecule has 4 nitrogen and oxygen atoms in total. The molecule has 0 atom stereocenters. The summed E-state index contributed by atoms with van der Waals surface area (Å²) in [5, 5.41) is 3.93. The van der Waals surface area contributed by atoms with E-state index < -0.39 is 0 Å². The van der Waals surface area contributed by atoms with Gasteiger partial charge in [-0.2, -0.15) is 4.98 Å². The van der Waals surface area contributed by atoms with Crippen molar-refractivity contribution in [3.05, 3.63) is 47.4 Å². The number of aryl methyl sites for hydroxylation is 1. The van der Waals surface area contributed by atoms with Crippen LogP contribution in [0.25, 0.3) is 0 Å². The molecule has 22 heavy (non-hydrogen) atoms. The molecule has 0 saturated carbocycles. The van der Waals surface area contributed by atoms with Crippen LogP contribution in [-0.2, 0) is 19.4 Å². The normalized spacial score (nSPS) is 17.0. The molecule has 0 aliphatic carbocycles. The Balaban J connectivity index is 1.47. The van der Waals surface area contributed by atoms with E-state index in [-0.39, 0.29) is 5.82 Å². The van der Waals surface area contributed by atoms with E-state index in [1.165, 1.54) is 6.07 Å². The lowest BCUT2D eigenvalue weighted by molar-refractivity contribution is 0.158. The molecule has 3 rings (SSSR count). The van der Waals surface area contributed by atoms with Gasteiger partial charge in [-0.05, 0) is 56.0 Å². The molecule has 2 aromatic rings. The highest BCUT2D eigenvalue weighted by Gasteiger charge is 2.21. The number of nitrogens with zero attached hydrogens (tertiary/aromatic N) is 3. The molecule has 0 N–H and O–H groups in total. The van der Waals surface area contributed by atoms with Crippen LogP contribution in [0.4, 0.5) is 4.39 Å². The van der Waals surface area contributed by atoms with Crippen molar-refractivity contribution in [1.82, 2.24) is 15.0 Å². The number of hydrogen-bond donors (Lipinski definition) is 0. The molecule has 5 heteroatoms. The quantitative estimate of drug-likeness (QED) is 0.850. The zero-order chi connectivity index (χ0) is 15.4. The molecule has 0 unspecified atom stereocenters. The first kappa shape index (κ1) is 15.2. The predicted octanol–water partition coefficient (Wildman–Crippen LogP) is 3.23. The minimum Gasteiger partial charge on any atom is -0.338 e. The van der Waals surface area contributed by atoms with Gasteiger partial charge in [-0.25, -0.2) is 4.39 Å². The predicted molar refractivity (Wildman–Crippen MR) is 81.8 cm³/mol. The van der Waals surface area contributed by atoms with Gasteiger partial charge < -0.3 is 4.52 Å². The van der Waals surface area contributed by atoms with Crippen LogP contribution in [0.1, 0.15) is 37.0 Å². The highest BCUT2D eigenvalue weighted by atomic mass is 19.1. The number of rotatable bonds is 5. The van der Waals surface area contributed by atoms with E-state index in [0.717, 1.165) is 56.7 Å². The van der Waals surface area contributed by atoms with Gasteiger partial charge in [-0.1, -0.05) is 24.2 Å². The number of hydrogen-bond acceptors (Lipinski definition) is 4. The summed E-state index contributed by atoms with van der Waals surface area (Å²) in [5.74, 6) is 1.97. The molecule has 1 aliphatic heterocycles. The Bertz CT molecular complexity index is 605. The Hall–Kier alpha value is -1.75. The molecule has 1 saturated heterocycles. The minimum atomic E-state index is -0.141. The van der Waals surface area contributed by atoms with Gasteiger partial charge in [-0.3, -0.25) is 4.90 Å². The van der Waals surface area contributed by atoms with Crippen molar-refractivity contribution in [3.63, 3.8) is 0 Å². The van der Waals surface area contributed by atoms with E-state index in [0.29, 0.717) is 11.8 Å². The lowest BCUT2D eigenvalue weighted by Gasteiger charge is -2.31. The molecule has 0 spiro atoms. The van der Waals surface area contributed by atoms with Crippen LogP contribution < -0.4 is 0 Å². The number of benzene rings is 1. The monoisotopic (exact) mass is 303 g/mol. The first-order valence-electron chi connectivity index (χ1n) is 8.01. The Morgan fingerprint density at radius 3 is 2.82 bits per heavy atom. The van der Waals surface area contributed by atoms with E-state index in [2.05, 4.69) is 15.0 Å². The summed E-state index contributed by atoms with van der Waals surface area (Å²) in [4.78, 5) is 6.71. The van der Waals surface area contributed by atoms with Gasteiger partial charge in [0.05, 0.1) is 6.54 Å². The topological polar surface area (TPSA) is 42.2 Å². The zero-order valence-corrected chi connectivity index (χ0v) is 13.0. The Morgan fingerprint density at radius 2 is 2.14 bits per heavy atom. The highest BCUT2D eigenvalue weighted by Crippen LogP contribution is 2.23. The molecule has 1 aromatic heterocycles. The summed E-state index contributed by atoms with van der Waals surface area (Å²) in [6, 6.07) is 6.96. The summed E-state index contributed by atoms with van der Waals surface area (Å²) in [6.45, 7) is 4.82. The lowest BCUT2D eigenvalue weighted by atomic mass is 9.90. The van der Waals surface area contributed by atoms with E-state index in [1.54, 1.807) is 12.1 Å². The maximum absolute atomic E-state index is 13.2. The molecule has 1 aromatic carbocycles. The third-order valence-electron chi connectivity index (χ3n) is 4.31. The summed E-state index contributed by atoms with van der Waals surface area (Å²) >= 11 is 0. The smallest absolute Gasteiger partial charge is 0.240 e. The highest BCUT2D eigenvalue weighted by molar-refractivity contribution is 5.17. The first-order chi connectivity index (χ1) is 10.7. The molecular weight excluding hydrogens is 281 g/mol. The van der Waals surface area contributed by atoms with Crippen molar-refractivity contribution >= 4 is 0 Å². The molecule has 2 heterocycles. The van der Waals surface area contributed by atoms with Crippen LogP contribution in [-0.4, -0.2) is 28.1 Å². The van der Waals surface area contributed by atoms with E-state index in [1.807, 2.05) is 13.0 Å². The van der Waals surface area contributed by atoms with Gasteiger partial charge in [0.2, 0.25) is 5.89 Å². The van der Waals surface area contributed by atoms with Crippen LogP contribution in [0, 0.1) is 11.7 Å². The van der Waals surface area contributed by atoms with Crippen LogP contribution in [0.3, 0.4) is 0 Å². The molecular formula is C17H22FN3O. The third kappa shape index (κ3) is 3.91. The van der Waals surface area contributed by atoms with Crippen molar-refractivity contribution in [2.24, 2.45) is 5.92 Å². The number of piperidine rings is 1. The second kappa shape index (κ2) is 7.01. The zero-order valence-electron chi connectivity index (χ0n) is 13.0. The fourth-order valence-electron chi connectivity index (χ4n) is 3.04. The summed E-state index contributed by atoms with van der Waals surface area (Å²) < 4.78 is 18.5. The molecule has 118 valence electrons. The number of likely N-dealkylation sites (tertiary alicyclic amines) is 1. The van der Waals surface area contributed by atoms with E-state index in [9.17, 15) is 4.39 Å². The molecule has 1 aliphatic rings. The van der Waals surface area contributed by atoms with Crippen molar-refractivity contribution < 1.29 is 8.91 Å². The fraction of sp³-hybridized carbons (Fsp3) is 0.529. The van der Waals surface area contributed by atoms with Crippen molar-refractivity contribution in [2.75, 3.05) is 13.1 Å². The minimum absolute atomic E-state index is 0.141. The van der Waals surface area contributed by atoms with Crippen LogP contribution >= 0.6 is 0 Å². The van der Waals surface area contributed by atoms with Crippen LogP contribution in [0.15, 0.2) is 28.8 Å². The number of halogens is 1. The molecule has 0 radical (unpaired) electrons. The summed E-state index contributed by atoms with van der Waals surface area (Å²) in [7, 11) is 0. The second-order valence-corrected chi connectivity index (χ2v) is 6.01. The van der Waals surface area contributed by atoms with E-state index in [4.69, 9.17) is 4.52 Å². The number of aromatic nitrogens is 2. The average molecular weight is 303 g/mol. The summed E-state index contributed by atoms with van der Waals surface area (Å²) in [6.07, 6.45) is 4.03. The van der Waals surface area contributed by atoms with Crippen molar-refractivity contribution in [2.45, 2.75) is 39.2 Å². The van der Waals surface area contributed by atoms with Gasteiger partial charge in [0.25, 0.3) is 0 Å². The van der Waals surface area contributed by atoms with Crippen molar-refractivity contribution in [1.29, 1.82) is 0 Å². The largest absolute Gasteiger partial charge is 0.338 e. The average Bonchev–Trinajstić information content (AvgIpc) is 2.97. The SMILES string of the molecule is CCc1noc(CN2CCC(Cc3cccc(F)c3)CC2)n1. The van der Waals surface area contributed by atoms with Crippen LogP contribution in [0.5, 0.6) is 0 Å². The third-order valence-corrected chi connectivity index (χ3v) is 4.31.